The number of aryl methyl sites for hydroxylation is 2. The number of fused-ring (bicyclic) bond motifs is 1. The molecule has 3 aromatic carbocycles. The van der Waals surface area contributed by atoms with E-state index >= 15 is 4.39 Å². The van der Waals surface area contributed by atoms with Crippen LogP contribution in [0.1, 0.15) is 36.4 Å². The Morgan fingerprint density at radius 2 is 1.52 bits per heavy atom. The highest BCUT2D eigenvalue weighted by Crippen LogP contribution is 2.40. The van der Waals surface area contributed by atoms with Gasteiger partial charge >= 0.3 is 17.7 Å². The number of imide groups is 1. The highest BCUT2D eigenvalue weighted by atomic mass is 19.1. The summed E-state index contributed by atoms with van der Waals surface area (Å²) >= 11 is 0. The number of aromatic nitrogens is 7. The van der Waals surface area contributed by atoms with Crippen molar-refractivity contribution in [1.82, 2.24) is 44.3 Å². The van der Waals surface area contributed by atoms with Crippen LogP contribution in [0.15, 0.2) is 102 Å². The average molecular weight is 960 g/mol. The molecular weight excluding hydrogens is 906 g/mol. The van der Waals surface area contributed by atoms with Crippen LogP contribution in [-0.2, 0) is 23.7 Å². The van der Waals surface area contributed by atoms with Crippen molar-refractivity contribution >= 4 is 51.6 Å². The lowest BCUT2D eigenvalue weighted by Crippen LogP contribution is -2.58. The fourth-order valence-corrected chi connectivity index (χ4v) is 11.0. The summed E-state index contributed by atoms with van der Waals surface area (Å²) in [6.07, 6.45) is 5.41. The number of carbonyl (C=O) groups excluding carboxylic acids is 3. The first-order chi connectivity index (χ1) is 34.5. The zero-order chi connectivity index (χ0) is 49.1. The van der Waals surface area contributed by atoms with Crippen LogP contribution >= 0.6 is 0 Å². The summed E-state index contributed by atoms with van der Waals surface area (Å²) in [4.78, 5) is 70.9. The summed E-state index contributed by atoms with van der Waals surface area (Å²) in [5.41, 5.74) is 8.76. The number of urea groups is 1. The molecule has 3 atom stereocenters. The fourth-order valence-electron chi connectivity index (χ4n) is 11.0. The molecule has 4 aromatic heterocycles. The smallest absolute Gasteiger partial charge is 0.353 e. The number of anilines is 4. The number of hydrogen-bond donors (Lipinski definition) is 1. The van der Waals surface area contributed by atoms with Crippen molar-refractivity contribution in [3.63, 3.8) is 0 Å². The number of para-hydroxylation sites is 1. The molecule has 19 heteroatoms. The lowest BCUT2D eigenvalue weighted by Gasteiger charge is -2.45. The molecule has 4 aliphatic heterocycles. The van der Waals surface area contributed by atoms with Gasteiger partial charge in [0, 0.05) is 95.8 Å². The van der Waals surface area contributed by atoms with Gasteiger partial charge in [-0.25, -0.2) is 28.2 Å². The Labute approximate surface area is 408 Å². The van der Waals surface area contributed by atoms with E-state index in [1.54, 1.807) is 35.4 Å². The Morgan fingerprint density at radius 1 is 0.732 bits per heavy atom. The molecule has 4 aliphatic rings. The number of piperazine rings is 1. The highest BCUT2D eigenvalue weighted by Gasteiger charge is 2.37. The van der Waals surface area contributed by atoms with Gasteiger partial charge in [-0.05, 0) is 96.1 Å². The third-order valence-electron chi connectivity index (χ3n) is 14.6. The zero-order valence-corrected chi connectivity index (χ0v) is 40.0. The number of piperidine rings is 2. The molecule has 0 radical (unpaired) electrons. The minimum atomic E-state index is -1.06. The number of carbonyl (C=O) groups is 3. The maximum Gasteiger partial charge on any atom is 0.353 e. The van der Waals surface area contributed by atoms with Gasteiger partial charge in [0.25, 0.3) is 0 Å². The van der Waals surface area contributed by atoms with Crippen molar-refractivity contribution in [1.29, 1.82) is 0 Å². The van der Waals surface area contributed by atoms with Crippen LogP contribution in [-0.4, -0.2) is 129 Å². The van der Waals surface area contributed by atoms with E-state index < -0.39 is 12.1 Å². The topological polar surface area (TPSA) is 172 Å². The van der Waals surface area contributed by atoms with Crippen LogP contribution in [0, 0.1) is 6.92 Å². The van der Waals surface area contributed by atoms with Gasteiger partial charge in [-0.2, -0.15) is 5.10 Å². The van der Waals surface area contributed by atoms with E-state index in [4.69, 9.17) is 14.8 Å². The molecule has 7 aromatic rings. The van der Waals surface area contributed by atoms with Gasteiger partial charge in [0.05, 0.1) is 54.0 Å². The van der Waals surface area contributed by atoms with Crippen molar-refractivity contribution in [2.24, 2.45) is 14.1 Å². The predicted octanol–water partition coefficient (Wildman–Crippen LogP) is 5.60. The van der Waals surface area contributed by atoms with Gasteiger partial charge in [-0.3, -0.25) is 39.3 Å². The maximum atomic E-state index is 16.4. The molecule has 8 heterocycles. The maximum absolute atomic E-state index is 16.4. The number of rotatable bonds is 10. The van der Waals surface area contributed by atoms with Crippen molar-refractivity contribution in [3.05, 3.63) is 119 Å². The standard InChI is InChI=1S/C52H54FN13O5/c1-32-37(18-21-55-48(32)65-28-27-64(52(65)70)36-7-6-20-54-30-36)38-15-14-35(66-50(71-4)58-60(3)51(66)69)29-41(38)33-10-12-34(13-11-33)63-22-19-43(42(53)31-63)61-23-25-62(26-24-61)44-9-5-8-39-46(57-59(2)47(39)44)40-16-17-45(67)56-49(40)68/h5-15,18,20-21,29-30,40,42-43H,16-17,19,22-28,31H2,1-4H3,(H,56,67,68)/t40?,42-,43+/m0/s1. The molecule has 1 unspecified atom stereocenters. The van der Waals surface area contributed by atoms with E-state index in [1.807, 2.05) is 91.4 Å². The number of benzene rings is 3. The Kier molecular flexibility index (Phi) is 11.8. The van der Waals surface area contributed by atoms with Crippen molar-refractivity contribution in [2.75, 3.05) is 79.1 Å². The monoisotopic (exact) mass is 959 g/mol. The van der Waals surface area contributed by atoms with E-state index in [-0.39, 0.29) is 48.6 Å². The first-order valence-electron chi connectivity index (χ1n) is 24.0. The Hall–Kier alpha value is -7.93. The number of alkyl halides is 1. The van der Waals surface area contributed by atoms with Gasteiger partial charge in [-0.15, -0.1) is 5.10 Å². The molecule has 71 heavy (non-hydrogen) atoms. The van der Waals surface area contributed by atoms with E-state index in [9.17, 15) is 19.2 Å². The summed E-state index contributed by atoms with van der Waals surface area (Å²) < 4.78 is 26.5. The Balaban J connectivity index is 0.814. The van der Waals surface area contributed by atoms with Crippen LogP contribution in [0.2, 0.25) is 0 Å². The second-order valence-electron chi connectivity index (χ2n) is 18.6. The van der Waals surface area contributed by atoms with Crippen LogP contribution in [0.3, 0.4) is 0 Å². The number of pyridine rings is 2. The van der Waals surface area contributed by atoms with Crippen molar-refractivity contribution in [2.45, 2.75) is 44.3 Å². The molecule has 0 spiro atoms. The molecule has 1 N–H and O–H groups in total. The van der Waals surface area contributed by atoms with Gasteiger partial charge in [0.1, 0.15) is 12.0 Å². The summed E-state index contributed by atoms with van der Waals surface area (Å²) in [5.74, 6) is -0.473. The van der Waals surface area contributed by atoms with Crippen LogP contribution < -0.4 is 35.3 Å². The number of nitrogens with zero attached hydrogens (tertiary/aromatic N) is 12. The van der Waals surface area contributed by atoms with E-state index in [0.717, 1.165) is 68.9 Å². The number of hydrogen-bond acceptors (Lipinski definition) is 12. The molecule has 4 fully saturated rings. The number of methoxy groups -OCH3 is 1. The first-order valence-corrected chi connectivity index (χ1v) is 24.0. The number of ether oxygens (including phenoxy) is 1. The third kappa shape index (κ3) is 8.12. The van der Waals surface area contributed by atoms with Gasteiger partial charge in [0.2, 0.25) is 11.8 Å². The van der Waals surface area contributed by atoms with Crippen LogP contribution in [0.25, 0.3) is 38.8 Å². The SMILES string of the molecule is COc1nn(C)c(=O)n1-c1ccc(-c2ccnc(N3CCN(c4cccnc4)C3=O)c2C)c(-c2ccc(N3CC[C@@H](N4CCN(c5cccc6c(C7CCC(=O)NC7=O)nn(C)c56)CC4)[C@@H](F)C3)cc2)c1. The summed E-state index contributed by atoms with van der Waals surface area (Å²) in [6.45, 7) is 6.74. The van der Waals surface area contributed by atoms with Crippen LogP contribution in [0.5, 0.6) is 6.01 Å². The molecule has 0 bridgehead atoms. The minimum absolute atomic E-state index is 0.148. The molecule has 11 rings (SSSR count). The lowest BCUT2D eigenvalue weighted by atomic mass is 9.91. The second kappa shape index (κ2) is 18.4. The Bertz CT molecular complexity index is 3260. The summed E-state index contributed by atoms with van der Waals surface area (Å²) in [7, 11) is 4.94. The summed E-state index contributed by atoms with van der Waals surface area (Å²) in [5, 5.41) is 12.4. The average Bonchev–Trinajstić information content (AvgIpc) is 4.04. The normalized spacial score (nSPS) is 20.1. The van der Waals surface area contributed by atoms with Gasteiger partial charge in [0.15, 0.2) is 0 Å². The lowest BCUT2D eigenvalue weighted by molar-refractivity contribution is -0.134. The molecule has 0 aliphatic carbocycles. The third-order valence-corrected chi connectivity index (χ3v) is 14.6. The molecule has 0 saturated carbocycles. The number of halogens is 1. The highest BCUT2D eigenvalue weighted by molar-refractivity contribution is 6.06. The van der Waals surface area contributed by atoms with E-state index in [0.29, 0.717) is 62.8 Å². The molecular formula is C52H54FN13O5. The van der Waals surface area contributed by atoms with E-state index in [1.165, 1.54) is 16.4 Å². The largest absolute Gasteiger partial charge is 0.467 e. The molecule has 4 saturated heterocycles. The quantitative estimate of drug-likeness (QED) is 0.169. The zero-order valence-electron chi connectivity index (χ0n) is 40.0. The molecule has 18 nitrogen and oxygen atoms in total. The Morgan fingerprint density at radius 3 is 2.27 bits per heavy atom. The molecule has 364 valence electrons. The molecule has 4 amide bonds. The van der Waals surface area contributed by atoms with Crippen molar-refractivity contribution < 1.29 is 23.5 Å². The van der Waals surface area contributed by atoms with Crippen LogP contribution in [0.4, 0.5) is 32.1 Å². The number of nitrogens with one attached hydrogen (secondary N) is 1. The van der Waals surface area contributed by atoms with Crippen molar-refractivity contribution in [3.8, 4) is 34.0 Å². The summed E-state index contributed by atoms with van der Waals surface area (Å²) in [6, 6.07) is 25.3. The second-order valence-corrected chi connectivity index (χ2v) is 18.6. The fraction of sp³-hybridized carbons (Fsp3) is 0.346. The van der Waals surface area contributed by atoms with Gasteiger partial charge < -0.3 is 14.5 Å². The van der Waals surface area contributed by atoms with E-state index in [2.05, 4.69) is 36.2 Å². The predicted molar refractivity (Wildman–Crippen MR) is 268 cm³/mol. The van der Waals surface area contributed by atoms with Gasteiger partial charge in [-0.1, -0.05) is 30.3 Å². The minimum Gasteiger partial charge on any atom is -0.467 e. The first kappa shape index (κ1) is 45.5. The number of amides is 4.